The van der Waals surface area contributed by atoms with Gasteiger partial charge in [-0.1, -0.05) is 6.92 Å². The van der Waals surface area contributed by atoms with E-state index in [1.807, 2.05) is 19.9 Å². The molecule has 0 unspecified atom stereocenters. The number of fused-ring (bicyclic) bond motifs is 1. The predicted molar refractivity (Wildman–Crippen MR) is 90.2 cm³/mol. The highest BCUT2D eigenvalue weighted by atomic mass is 16.3. The molecule has 3 aromatic rings. The number of nitrogens with one attached hydrogen (secondary N) is 1. The number of benzene rings is 1. The average molecular weight is 310 g/mol. The summed E-state index contributed by atoms with van der Waals surface area (Å²) in [5.74, 6) is 0.657. The Kier molecular flexibility index (Phi) is 3.97. The molecule has 6 nitrogen and oxygen atoms in total. The molecule has 0 fully saturated rings. The molecule has 0 aliphatic carbocycles. The fraction of sp³-hybridized carbons (Fsp3) is 0.235. The Balaban J connectivity index is 2.03. The molecule has 0 aliphatic rings. The molecule has 2 aromatic heterocycles. The van der Waals surface area contributed by atoms with Gasteiger partial charge in [0.25, 0.3) is 5.56 Å². The van der Waals surface area contributed by atoms with Gasteiger partial charge in [0.1, 0.15) is 11.4 Å². The van der Waals surface area contributed by atoms with Crippen LogP contribution in [0.25, 0.3) is 11.0 Å². The highest BCUT2D eigenvalue weighted by molar-refractivity contribution is 5.75. The van der Waals surface area contributed by atoms with E-state index >= 15 is 0 Å². The van der Waals surface area contributed by atoms with E-state index in [2.05, 4.69) is 15.3 Å². The van der Waals surface area contributed by atoms with Crippen LogP contribution in [-0.2, 0) is 6.54 Å². The van der Waals surface area contributed by atoms with Gasteiger partial charge in [-0.2, -0.15) is 4.98 Å². The summed E-state index contributed by atoms with van der Waals surface area (Å²) in [6, 6.07) is 8.45. The quantitative estimate of drug-likeness (QED) is 0.724. The van der Waals surface area contributed by atoms with Gasteiger partial charge >= 0.3 is 0 Å². The lowest BCUT2D eigenvalue weighted by Gasteiger charge is -2.10. The van der Waals surface area contributed by atoms with E-state index in [0.29, 0.717) is 18.1 Å². The molecule has 0 spiro atoms. The van der Waals surface area contributed by atoms with Crippen LogP contribution < -0.4 is 10.9 Å². The van der Waals surface area contributed by atoms with Crippen molar-refractivity contribution >= 4 is 22.7 Å². The monoisotopic (exact) mass is 310 g/mol. The van der Waals surface area contributed by atoms with Crippen molar-refractivity contribution in [1.29, 1.82) is 0 Å². The molecule has 0 amide bonds. The molecule has 1 aromatic carbocycles. The fourth-order valence-corrected chi connectivity index (χ4v) is 2.43. The summed E-state index contributed by atoms with van der Waals surface area (Å²) in [6.07, 6.45) is 2.55. The number of phenolic OH excluding ortho intramolecular Hbond substituents is 1. The molecule has 0 bridgehead atoms. The highest BCUT2D eigenvalue weighted by Crippen LogP contribution is 2.22. The SMILES string of the molecule is CCCn1c(=O)ccc2cnc(Nc3ccc(O)c(C)c3)nc21. The molecule has 118 valence electrons. The molecule has 0 saturated heterocycles. The number of rotatable bonds is 4. The van der Waals surface area contributed by atoms with Gasteiger partial charge in [0.15, 0.2) is 0 Å². The van der Waals surface area contributed by atoms with E-state index in [1.54, 1.807) is 29.0 Å². The zero-order valence-corrected chi connectivity index (χ0v) is 13.1. The standard InChI is InChI=1S/C17H18N4O2/c1-3-8-21-15(23)7-4-12-10-18-17(20-16(12)21)19-13-5-6-14(22)11(2)9-13/h4-7,9-10,22H,3,8H2,1-2H3,(H,18,19,20). The van der Waals surface area contributed by atoms with Crippen LogP contribution in [0.1, 0.15) is 18.9 Å². The number of aromatic hydroxyl groups is 1. The summed E-state index contributed by atoms with van der Waals surface area (Å²) in [5.41, 5.74) is 2.09. The van der Waals surface area contributed by atoms with Crippen LogP contribution in [0, 0.1) is 6.92 Å². The Morgan fingerprint density at radius 1 is 1.26 bits per heavy atom. The summed E-state index contributed by atoms with van der Waals surface area (Å²) < 4.78 is 1.66. The van der Waals surface area contributed by atoms with E-state index in [4.69, 9.17) is 0 Å². The van der Waals surface area contributed by atoms with E-state index < -0.39 is 0 Å². The summed E-state index contributed by atoms with van der Waals surface area (Å²) in [4.78, 5) is 20.8. The molecule has 0 atom stereocenters. The van der Waals surface area contributed by atoms with Crippen LogP contribution in [0.15, 0.2) is 41.3 Å². The van der Waals surface area contributed by atoms with Crippen molar-refractivity contribution in [1.82, 2.24) is 14.5 Å². The predicted octanol–water partition coefficient (Wildman–Crippen LogP) is 2.96. The van der Waals surface area contributed by atoms with Gasteiger partial charge < -0.3 is 10.4 Å². The van der Waals surface area contributed by atoms with Crippen LogP contribution in [0.3, 0.4) is 0 Å². The minimum absolute atomic E-state index is 0.0653. The van der Waals surface area contributed by atoms with Crippen molar-refractivity contribution in [3.63, 3.8) is 0 Å². The third-order valence-electron chi connectivity index (χ3n) is 3.62. The van der Waals surface area contributed by atoms with Crippen molar-refractivity contribution in [3.05, 3.63) is 52.4 Å². The Morgan fingerprint density at radius 2 is 2.09 bits per heavy atom. The number of phenols is 1. The van der Waals surface area contributed by atoms with Crippen LogP contribution in [0.2, 0.25) is 0 Å². The fourth-order valence-electron chi connectivity index (χ4n) is 2.43. The third kappa shape index (κ3) is 3.01. The first-order valence-corrected chi connectivity index (χ1v) is 7.51. The minimum atomic E-state index is -0.0653. The van der Waals surface area contributed by atoms with Crippen molar-refractivity contribution in [2.45, 2.75) is 26.8 Å². The number of hydrogen-bond donors (Lipinski definition) is 2. The molecular weight excluding hydrogens is 292 g/mol. The molecule has 0 saturated carbocycles. The first-order valence-electron chi connectivity index (χ1n) is 7.51. The number of nitrogens with zero attached hydrogens (tertiary/aromatic N) is 3. The van der Waals surface area contributed by atoms with Gasteiger partial charge in [0.05, 0.1) is 0 Å². The van der Waals surface area contributed by atoms with Crippen LogP contribution in [0.4, 0.5) is 11.6 Å². The maximum atomic E-state index is 12.0. The molecular formula is C17H18N4O2. The molecule has 3 rings (SSSR count). The van der Waals surface area contributed by atoms with Crippen LogP contribution in [0.5, 0.6) is 5.75 Å². The van der Waals surface area contributed by atoms with Gasteiger partial charge in [-0.05, 0) is 43.2 Å². The lowest BCUT2D eigenvalue weighted by molar-refractivity contribution is 0.471. The Morgan fingerprint density at radius 3 is 2.83 bits per heavy atom. The number of hydrogen-bond acceptors (Lipinski definition) is 5. The van der Waals surface area contributed by atoms with Crippen LogP contribution in [-0.4, -0.2) is 19.6 Å². The Labute approximate surface area is 133 Å². The number of anilines is 2. The minimum Gasteiger partial charge on any atom is -0.508 e. The third-order valence-corrected chi connectivity index (χ3v) is 3.62. The smallest absolute Gasteiger partial charge is 0.252 e. The van der Waals surface area contributed by atoms with Gasteiger partial charge in [0, 0.05) is 29.9 Å². The number of aromatic nitrogens is 3. The van der Waals surface area contributed by atoms with E-state index in [-0.39, 0.29) is 11.3 Å². The first-order chi connectivity index (χ1) is 11.1. The maximum absolute atomic E-state index is 12.0. The van der Waals surface area contributed by atoms with Crippen molar-refractivity contribution in [3.8, 4) is 5.75 Å². The Hall–Kier alpha value is -2.89. The molecule has 23 heavy (non-hydrogen) atoms. The summed E-state index contributed by atoms with van der Waals surface area (Å²) in [5, 5.41) is 13.5. The molecule has 2 N–H and O–H groups in total. The second-order valence-electron chi connectivity index (χ2n) is 5.42. The largest absolute Gasteiger partial charge is 0.508 e. The van der Waals surface area contributed by atoms with E-state index in [9.17, 15) is 9.90 Å². The normalized spacial score (nSPS) is 10.9. The summed E-state index contributed by atoms with van der Waals surface area (Å²) in [7, 11) is 0. The zero-order chi connectivity index (χ0) is 16.4. The zero-order valence-electron chi connectivity index (χ0n) is 13.1. The lowest BCUT2D eigenvalue weighted by atomic mass is 10.2. The van der Waals surface area contributed by atoms with Crippen LogP contribution >= 0.6 is 0 Å². The van der Waals surface area contributed by atoms with Crippen molar-refractivity contribution < 1.29 is 5.11 Å². The topological polar surface area (TPSA) is 80.0 Å². The van der Waals surface area contributed by atoms with Crippen molar-refractivity contribution in [2.75, 3.05) is 5.32 Å². The second kappa shape index (κ2) is 6.08. The maximum Gasteiger partial charge on any atom is 0.252 e. The van der Waals surface area contributed by atoms with Gasteiger partial charge in [-0.15, -0.1) is 0 Å². The summed E-state index contributed by atoms with van der Waals surface area (Å²) >= 11 is 0. The summed E-state index contributed by atoms with van der Waals surface area (Å²) in [6.45, 7) is 4.45. The van der Waals surface area contributed by atoms with E-state index in [1.165, 1.54) is 6.07 Å². The molecule has 2 heterocycles. The van der Waals surface area contributed by atoms with Crippen molar-refractivity contribution in [2.24, 2.45) is 0 Å². The lowest BCUT2D eigenvalue weighted by Crippen LogP contribution is -2.20. The number of pyridine rings is 1. The Bertz CT molecular complexity index is 918. The molecule has 6 heteroatoms. The van der Waals surface area contributed by atoms with Gasteiger partial charge in [0.2, 0.25) is 5.95 Å². The van der Waals surface area contributed by atoms with Gasteiger partial charge in [-0.25, -0.2) is 4.98 Å². The average Bonchev–Trinajstić information content (AvgIpc) is 2.54. The molecule has 0 radical (unpaired) electrons. The first kappa shape index (κ1) is 15.0. The second-order valence-corrected chi connectivity index (χ2v) is 5.42. The number of aryl methyl sites for hydroxylation is 2. The molecule has 0 aliphatic heterocycles. The highest BCUT2D eigenvalue weighted by Gasteiger charge is 2.07. The van der Waals surface area contributed by atoms with Gasteiger partial charge in [-0.3, -0.25) is 9.36 Å². The van der Waals surface area contributed by atoms with E-state index in [0.717, 1.165) is 23.1 Å².